The summed E-state index contributed by atoms with van der Waals surface area (Å²) in [6.45, 7) is 4.77. The predicted molar refractivity (Wildman–Crippen MR) is 124 cm³/mol. The first-order valence-corrected chi connectivity index (χ1v) is 10.6. The molecular weight excluding hydrogens is 434 g/mol. The van der Waals surface area contributed by atoms with Gasteiger partial charge in [-0.2, -0.15) is 0 Å². The highest BCUT2D eigenvalue weighted by Gasteiger charge is 2.37. The van der Waals surface area contributed by atoms with Gasteiger partial charge in [-0.3, -0.25) is 19.2 Å². The molecule has 7 heteroatoms. The Labute approximate surface area is 196 Å². The molecule has 0 spiro atoms. The average Bonchev–Trinajstić information content (AvgIpc) is 3.08. The summed E-state index contributed by atoms with van der Waals surface area (Å²) >= 11 is 0. The van der Waals surface area contributed by atoms with E-state index < -0.39 is 23.9 Å². The van der Waals surface area contributed by atoms with Crippen LogP contribution in [0.5, 0.6) is 0 Å². The molecule has 7 nitrogen and oxygen atoms in total. The van der Waals surface area contributed by atoms with Gasteiger partial charge in [0, 0.05) is 11.1 Å². The highest BCUT2D eigenvalue weighted by Crippen LogP contribution is 2.30. The number of amides is 2. The molecule has 3 aromatic rings. The van der Waals surface area contributed by atoms with Crippen LogP contribution in [0, 0.1) is 6.92 Å². The van der Waals surface area contributed by atoms with Crippen LogP contribution in [0.25, 0.3) is 0 Å². The Morgan fingerprint density at radius 1 is 0.794 bits per heavy atom. The molecule has 170 valence electrons. The van der Waals surface area contributed by atoms with Crippen LogP contribution in [0.15, 0.2) is 66.7 Å². The van der Waals surface area contributed by atoms with E-state index in [2.05, 4.69) is 0 Å². The van der Waals surface area contributed by atoms with E-state index >= 15 is 0 Å². The first-order valence-electron chi connectivity index (χ1n) is 10.6. The molecule has 0 aliphatic carbocycles. The van der Waals surface area contributed by atoms with Crippen LogP contribution in [-0.2, 0) is 4.74 Å². The molecule has 0 saturated carbocycles. The van der Waals surface area contributed by atoms with Crippen molar-refractivity contribution in [1.82, 2.24) is 0 Å². The quantitative estimate of drug-likeness (QED) is 0.310. The zero-order valence-electron chi connectivity index (χ0n) is 18.8. The molecule has 0 saturated heterocycles. The second-order valence-electron chi connectivity index (χ2n) is 8.09. The first-order chi connectivity index (χ1) is 16.2. The monoisotopic (exact) mass is 455 g/mol. The molecule has 0 bridgehead atoms. The van der Waals surface area contributed by atoms with Crippen molar-refractivity contribution in [3.05, 3.63) is 100 Å². The van der Waals surface area contributed by atoms with Crippen LogP contribution in [0.4, 0.5) is 5.69 Å². The third-order valence-electron chi connectivity index (χ3n) is 5.62. The summed E-state index contributed by atoms with van der Waals surface area (Å²) in [5, 5.41) is 0. The molecule has 2 amide bonds. The highest BCUT2D eigenvalue weighted by molar-refractivity contribution is 6.34. The number of carbonyl (C=O) groups excluding carboxylic acids is 5. The van der Waals surface area contributed by atoms with Crippen LogP contribution in [0.3, 0.4) is 0 Å². The van der Waals surface area contributed by atoms with Gasteiger partial charge in [-0.05, 0) is 51.1 Å². The molecule has 0 fully saturated rings. The zero-order valence-corrected chi connectivity index (χ0v) is 18.8. The number of benzene rings is 3. The van der Waals surface area contributed by atoms with Gasteiger partial charge in [0.1, 0.15) is 0 Å². The van der Waals surface area contributed by atoms with Gasteiger partial charge in [-0.1, -0.05) is 42.0 Å². The Morgan fingerprint density at radius 2 is 1.44 bits per heavy atom. The fourth-order valence-electron chi connectivity index (χ4n) is 3.70. The van der Waals surface area contributed by atoms with Crippen molar-refractivity contribution in [1.29, 1.82) is 0 Å². The van der Waals surface area contributed by atoms with Gasteiger partial charge in [0.25, 0.3) is 11.8 Å². The van der Waals surface area contributed by atoms with E-state index in [-0.39, 0.29) is 33.9 Å². The summed E-state index contributed by atoms with van der Waals surface area (Å²) < 4.78 is 5.32. The lowest BCUT2D eigenvalue weighted by Crippen LogP contribution is -2.29. The number of ketones is 2. The number of hydrogen-bond acceptors (Lipinski definition) is 6. The van der Waals surface area contributed by atoms with E-state index in [4.69, 9.17) is 4.74 Å². The smallest absolute Gasteiger partial charge is 0.338 e. The minimum Gasteiger partial charge on any atom is -0.451 e. The van der Waals surface area contributed by atoms with Crippen molar-refractivity contribution in [3.63, 3.8) is 0 Å². The molecule has 1 aliphatic rings. The van der Waals surface area contributed by atoms with Crippen molar-refractivity contribution in [2.24, 2.45) is 0 Å². The van der Waals surface area contributed by atoms with E-state index in [9.17, 15) is 24.0 Å². The number of aryl methyl sites for hydroxylation is 1. The van der Waals surface area contributed by atoms with E-state index in [1.54, 1.807) is 42.5 Å². The number of hydrogen-bond donors (Lipinski definition) is 0. The van der Waals surface area contributed by atoms with Crippen molar-refractivity contribution in [2.45, 2.75) is 26.9 Å². The summed E-state index contributed by atoms with van der Waals surface area (Å²) in [5.74, 6) is -2.49. The Morgan fingerprint density at radius 3 is 2.12 bits per heavy atom. The molecule has 1 aliphatic heterocycles. The Balaban J connectivity index is 1.55. The van der Waals surface area contributed by atoms with Gasteiger partial charge in [-0.15, -0.1) is 0 Å². The van der Waals surface area contributed by atoms with E-state index in [0.29, 0.717) is 11.1 Å². The minimum absolute atomic E-state index is 0.0443. The lowest BCUT2D eigenvalue weighted by atomic mass is 10.0. The summed E-state index contributed by atoms with van der Waals surface area (Å²) in [6.07, 6.45) is -1.04. The Kier molecular flexibility index (Phi) is 5.94. The van der Waals surface area contributed by atoms with Crippen LogP contribution < -0.4 is 4.90 Å². The molecule has 0 radical (unpaired) electrons. The highest BCUT2D eigenvalue weighted by atomic mass is 16.5. The molecule has 0 N–H and O–H groups in total. The van der Waals surface area contributed by atoms with Gasteiger partial charge in [0.15, 0.2) is 11.9 Å². The lowest BCUT2D eigenvalue weighted by molar-refractivity contribution is 0.0318. The number of fused-ring (bicyclic) bond motifs is 1. The van der Waals surface area contributed by atoms with Gasteiger partial charge < -0.3 is 4.74 Å². The average molecular weight is 455 g/mol. The maximum absolute atomic E-state index is 13.0. The number of imide groups is 1. The number of ether oxygens (including phenoxy) is 1. The molecular formula is C27H21NO6. The van der Waals surface area contributed by atoms with E-state index in [1.807, 2.05) is 6.92 Å². The van der Waals surface area contributed by atoms with Crippen molar-refractivity contribution >= 4 is 35.0 Å². The third kappa shape index (κ3) is 4.15. The van der Waals surface area contributed by atoms with Crippen molar-refractivity contribution in [2.75, 3.05) is 4.90 Å². The van der Waals surface area contributed by atoms with Crippen LogP contribution >= 0.6 is 0 Å². The SMILES string of the molecule is CC(=O)c1cccc(N2C(=O)c3ccc(C(=O)O[C@H](C)C(=O)c4ccc(C)cc4)cc3C2=O)c1. The molecule has 0 unspecified atom stereocenters. The normalized spacial score (nSPS) is 13.4. The van der Waals surface area contributed by atoms with Gasteiger partial charge in [0.2, 0.25) is 5.78 Å². The minimum atomic E-state index is -1.04. The fraction of sp³-hybridized carbons (Fsp3) is 0.148. The number of anilines is 1. The summed E-state index contributed by atoms with van der Waals surface area (Å²) in [5.41, 5.74) is 2.28. The van der Waals surface area contributed by atoms with Crippen LogP contribution in [0.2, 0.25) is 0 Å². The number of esters is 1. The second kappa shape index (κ2) is 8.86. The molecule has 4 rings (SSSR count). The number of rotatable bonds is 6. The molecule has 3 aromatic carbocycles. The second-order valence-corrected chi connectivity index (χ2v) is 8.09. The molecule has 1 heterocycles. The van der Waals surface area contributed by atoms with Crippen LogP contribution in [-0.4, -0.2) is 35.5 Å². The number of Topliss-reactive ketones (excluding diaryl/α,β-unsaturated/α-hetero) is 2. The predicted octanol–water partition coefficient (Wildman–Crippen LogP) is 4.43. The maximum Gasteiger partial charge on any atom is 0.338 e. The molecule has 0 aromatic heterocycles. The molecule has 1 atom stereocenters. The third-order valence-corrected chi connectivity index (χ3v) is 5.62. The number of carbonyl (C=O) groups is 5. The van der Waals surface area contributed by atoms with Crippen molar-refractivity contribution < 1.29 is 28.7 Å². The Bertz CT molecular complexity index is 1360. The topological polar surface area (TPSA) is 97.8 Å². The Hall–Kier alpha value is -4.39. The molecule has 34 heavy (non-hydrogen) atoms. The summed E-state index contributed by atoms with van der Waals surface area (Å²) in [6, 6.07) is 17.2. The fourth-order valence-corrected chi connectivity index (χ4v) is 3.70. The van der Waals surface area contributed by atoms with Gasteiger partial charge >= 0.3 is 5.97 Å². The lowest BCUT2D eigenvalue weighted by Gasteiger charge is -2.14. The number of nitrogens with zero attached hydrogens (tertiary/aromatic N) is 1. The standard InChI is InChI=1S/C27H21NO6/c1-15-7-9-18(10-8-15)24(30)17(3)34-27(33)20-11-12-22-23(14-20)26(32)28(25(22)31)21-6-4-5-19(13-21)16(2)29/h4-14,17H,1-3H3/t17-/m1/s1. The largest absolute Gasteiger partial charge is 0.451 e. The van der Waals surface area contributed by atoms with Gasteiger partial charge in [0.05, 0.1) is 22.4 Å². The van der Waals surface area contributed by atoms with Crippen LogP contribution in [0.1, 0.15) is 71.2 Å². The van der Waals surface area contributed by atoms with Crippen molar-refractivity contribution in [3.8, 4) is 0 Å². The zero-order chi connectivity index (χ0) is 24.6. The van der Waals surface area contributed by atoms with E-state index in [0.717, 1.165) is 10.5 Å². The first kappa shape index (κ1) is 22.8. The summed E-state index contributed by atoms with van der Waals surface area (Å²) in [4.78, 5) is 63.8. The summed E-state index contributed by atoms with van der Waals surface area (Å²) in [7, 11) is 0. The van der Waals surface area contributed by atoms with E-state index in [1.165, 1.54) is 38.1 Å². The maximum atomic E-state index is 13.0. The van der Waals surface area contributed by atoms with Gasteiger partial charge in [-0.25, -0.2) is 9.69 Å².